The zero-order valence-electron chi connectivity index (χ0n) is 17.9. The Morgan fingerprint density at radius 3 is 2.22 bits per heavy atom. The summed E-state index contributed by atoms with van der Waals surface area (Å²) in [4.78, 5) is 2.16. The summed E-state index contributed by atoms with van der Waals surface area (Å²) >= 11 is 0. The van der Waals surface area contributed by atoms with Crippen LogP contribution in [0.1, 0.15) is 31.7 Å². The van der Waals surface area contributed by atoms with Crippen molar-refractivity contribution in [2.75, 3.05) is 31.1 Å². The van der Waals surface area contributed by atoms with E-state index in [2.05, 4.69) is 0 Å². The largest absolute Gasteiger partial charge is 0.367 e. The number of nitrogens with zero attached hydrogens (tertiary/aromatic N) is 4. The van der Waals surface area contributed by atoms with Gasteiger partial charge in [-0.05, 0) is 25.0 Å². The van der Waals surface area contributed by atoms with Gasteiger partial charge in [0, 0.05) is 37.9 Å². The fourth-order valence-electron chi connectivity index (χ4n) is 4.73. The molecule has 0 bridgehead atoms. The second kappa shape index (κ2) is 8.67. The molecule has 6 nitrogen and oxygen atoms in total. The van der Waals surface area contributed by atoms with E-state index in [-0.39, 0.29) is 16.8 Å². The molecular formula is C24H27FN4O2S. The molecule has 0 amide bonds. The summed E-state index contributed by atoms with van der Waals surface area (Å²) in [6.07, 6.45) is 6.06. The molecule has 0 radical (unpaired) electrons. The van der Waals surface area contributed by atoms with Crippen molar-refractivity contribution in [2.45, 2.75) is 36.6 Å². The number of piperazine rings is 1. The molecule has 8 heteroatoms. The number of rotatable bonds is 5. The molecule has 5 rings (SSSR count). The van der Waals surface area contributed by atoms with E-state index >= 15 is 0 Å². The predicted octanol–water partition coefficient (Wildman–Crippen LogP) is 4.32. The number of benzene rings is 2. The fraction of sp³-hybridized carbons (Fsp3) is 0.375. The Hall–Kier alpha value is -2.71. The maximum atomic E-state index is 14.2. The number of sulfonamides is 1. The molecule has 1 aromatic heterocycles. The summed E-state index contributed by atoms with van der Waals surface area (Å²) in [5.74, 6) is -0.284. The van der Waals surface area contributed by atoms with Gasteiger partial charge in [-0.25, -0.2) is 12.8 Å². The fourth-order valence-corrected chi connectivity index (χ4v) is 6.30. The molecule has 2 fully saturated rings. The van der Waals surface area contributed by atoms with Gasteiger partial charge >= 0.3 is 0 Å². The molecule has 2 aromatic carbocycles. The Bertz CT molecular complexity index is 1180. The zero-order chi connectivity index (χ0) is 22.1. The first-order valence-electron chi connectivity index (χ1n) is 11.2. The average molecular weight is 455 g/mol. The quantitative estimate of drug-likeness (QED) is 0.576. The van der Waals surface area contributed by atoms with Gasteiger partial charge in [0.2, 0.25) is 10.0 Å². The maximum absolute atomic E-state index is 14.2. The van der Waals surface area contributed by atoms with Crippen molar-refractivity contribution in [3.63, 3.8) is 0 Å². The van der Waals surface area contributed by atoms with E-state index in [0.717, 1.165) is 31.2 Å². The molecule has 0 unspecified atom stereocenters. The van der Waals surface area contributed by atoms with Gasteiger partial charge in [0.1, 0.15) is 16.4 Å². The first-order chi connectivity index (χ1) is 15.5. The van der Waals surface area contributed by atoms with E-state index in [9.17, 15) is 12.8 Å². The number of anilines is 1. The van der Waals surface area contributed by atoms with Gasteiger partial charge in [0.25, 0.3) is 0 Å². The van der Waals surface area contributed by atoms with Crippen LogP contribution in [0.3, 0.4) is 0 Å². The summed E-state index contributed by atoms with van der Waals surface area (Å²) in [7, 11) is -3.74. The maximum Gasteiger partial charge on any atom is 0.246 e. The molecule has 1 aliphatic heterocycles. The number of para-hydroxylation sites is 1. The van der Waals surface area contributed by atoms with Gasteiger partial charge < -0.3 is 4.90 Å². The highest BCUT2D eigenvalue weighted by Gasteiger charge is 2.34. The van der Waals surface area contributed by atoms with Crippen LogP contribution in [0.5, 0.6) is 0 Å². The van der Waals surface area contributed by atoms with Gasteiger partial charge in [-0.3, -0.25) is 4.68 Å². The highest BCUT2D eigenvalue weighted by molar-refractivity contribution is 7.89. The summed E-state index contributed by atoms with van der Waals surface area (Å²) in [6.45, 7) is 1.49. The summed E-state index contributed by atoms with van der Waals surface area (Å²) in [5, 5.41) is 4.75. The smallest absolute Gasteiger partial charge is 0.246 e. The number of hydrogen-bond acceptors (Lipinski definition) is 4. The Kier molecular flexibility index (Phi) is 5.73. The van der Waals surface area contributed by atoms with Crippen LogP contribution >= 0.6 is 0 Å². The van der Waals surface area contributed by atoms with Crippen molar-refractivity contribution in [1.82, 2.24) is 14.1 Å². The molecule has 2 aliphatic rings. The van der Waals surface area contributed by atoms with Crippen LogP contribution in [0.25, 0.3) is 11.3 Å². The molecule has 168 valence electrons. The van der Waals surface area contributed by atoms with E-state index in [4.69, 9.17) is 5.10 Å². The zero-order valence-corrected chi connectivity index (χ0v) is 18.7. The van der Waals surface area contributed by atoms with Crippen LogP contribution in [-0.4, -0.2) is 48.7 Å². The highest BCUT2D eigenvalue weighted by Crippen LogP contribution is 2.34. The van der Waals surface area contributed by atoms with Crippen LogP contribution in [0, 0.1) is 5.82 Å². The minimum absolute atomic E-state index is 0.249. The Labute approximate surface area is 188 Å². The second-order valence-corrected chi connectivity index (χ2v) is 10.4. The molecule has 1 saturated heterocycles. The van der Waals surface area contributed by atoms with Crippen molar-refractivity contribution in [1.29, 1.82) is 0 Å². The standard InChI is InChI=1S/C24H27FN4O2S/c25-21-12-6-7-13-22(21)27-14-16-28(17-15-27)32(30,31)23-18-29(20-10-4-5-11-20)26-24(23)19-8-2-1-3-9-19/h1-3,6-9,12-13,18,20H,4-5,10-11,14-17H2. The third kappa shape index (κ3) is 3.93. The SMILES string of the molecule is O=S(=O)(c1cn(C2CCCC2)nc1-c1ccccc1)N1CCN(c2ccccc2F)CC1. The number of hydrogen-bond donors (Lipinski definition) is 0. The minimum Gasteiger partial charge on any atom is -0.367 e. The molecule has 0 N–H and O–H groups in total. The van der Waals surface area contributed by atoms with Gasteiger partial charge in [-0.1, -0.05) is 55.3 Å². The topological polar surface area (TPSA) is 58.4 Å². The van der Waals surface area contributed by atoms with Crippen molar-refractivity contribution in [2.24, 2.45) is 0 Å². The Morgan fingerprint density at radius 2 is 1.53 bits per heavy atom. The molecule has 2 heterocycles. The second-order valence-electron chi connectivity index (χ2n) is 8.47. The van der Waals surface area contributed by atoms with E-state index in [0.29, 0.717) is 37.6 Å². The first-order valence-corrected chi connectivity index (χ1v) is 12.6. The third-order valence-electron chi connectivity index (χ3n) is 6.49. The van der Waals surface area contributed by atoms with Gasteiger partial charge in [-0.15, -0.1) is 0 Å². The lowest BCUT2D eigenvalue weighted by atomic mass is 10.2. The van der Waals surface area contributed by atoms with E-state index in [1.165, 1.54) is 10.4 Å². The Balaban J connectivity index is 1.44. The predicted molar refractivity (Wildman–Crippen MR) is 123 cm³/mol. The van der Waals surface area contributed by atoms with Gasteiger partial charge in [0.15, 0.2) is 0 Å². The lowest BCUT2D eigenvalue weighted by Crippen LogP contribution is -2.48. The lowest BCUT2D eigenvalue weighted by molar-refractivity contribution is 0.383. The molecule has 1 saturated carbocycles. The van der Waals surface area contributed by atoms with Crippen LogP contribution in [0.15, 0.2) is 65.7 Å². The highest BCUT2D eigenvalue weighted by atomic mass is 32.2. The number of aromatic nitrogens is 2. The lowest BCUT2D eigenvalue weighted by Gasteiger charge is -2.35. The van der Waals surface area contributed by atoms with Crippen LogP contribution in [0.4, 0.5) is 10.1 Å². The van der Waals surface area contributed by atoms with Crippen LogP contribution < -0.4 is 4.90 Å². The van der Waals surface area contributed by atoms with Crippen LogP contribution in [-0.2, 0) is 10.0 Å². The summed E-state index contributed by atoms with van der Waals surface area (Å²) < 4.78 is 44.9. The van der Waals surface area contributed by atoms with E-state index in [1.807, 2.05) is 39.9 Å². The molecular weight excluding hydrogens is 427 g/mol. The summed E-state index contributed by atoms with van der Waals surface area (Å²) in [5.41, 5.74) is 1.82. The Morgan fingerprint density at radius 1 is 0.875 bits per heavy atom. The van der Waals surface area contributed by atoms with E-state index < -0.39 is 10.0 Å². The minimum atomic E-state index is -3.74. The van der Waals surface area contributed by atoms with Crippen LogP contribution in [0.2, 0.25) is 0 Å². The normalized spacial score (nSPS) is 18.3. The molecule has 0 atom stereocenters. The molecule has 3 aromatic rings. The third-order valence-corrected chi connectivity index (χ3v) is 8.39. The molecule has 0 spiro atoms. The van der Waals surface area contributed by atoms with Crippen molar-refractivity contribution in [3.8, 4) is 11.3 Å². The molecule has 32 heavy (non-hydrogen) atoms. The first kappa shape index (κ1) is 21.2. The van der Waals surface area contributed by atoms with Gasteiger partial charge in [0.05, 0.1) is 11.7 Å². The van der Waals surface area contributed by atoms with E-state index in [1.54, 1.807) is 24.4 Å². The van der Waals surface area contributed by atoms with Crippen molar-refractivity contribution in [3.05, 3.63) is 66.6 Å². The molecule has 1 aliphatic carbocycles. The number of halogens is 1. The monoisotopic (exact) mass is 454 g/mol. The van der Waals surface area contributed by atoms with Gasteiger partial charge in [-0.2, -0.15) is 9.40 Å². The average Bonchev–Trinajstić information content (AvgIpc) is 3.51. The van der Waals surface area contributed by atoms with Crippen molar-refractivity contribution >= 4 is 15.7 Å². The summed E-state index contributed by atoms with van der Waals surface area (Å²) in [6, 6.07) is 16.4. The van der Waals surface area contributed by atoms with Crippen molar-refractivity contribution < 1.29 is 12.8 Å².